The lowest BCUT2D eigenvalue weighted by Crippen LogP contribution is -2.12. The Balaban J connectivity index is 1.93. The first-order valence-electron chi connectivity index (χ1n) is 6.38. The number of hydrogen-bond donors (Lipinski definition) is 3. The number of aromatic nitrogens is 3. The highest BCUT2D eigenvalue weighted by molar-refractivity contribution is 5.65. The number of nitrogens with one attached hydrogen (secondary N) is 2. The molecule has 0 aliphatic heterocycles. The number of nitrogens with zero attached hydrogens (tertiary/aromatic N) is 3. The number of fused-ring (bicyclic) bond motifs is 1. The van der Waals surface area contributed by atoms with Gasteiger partial charge in [-0.3, -0.25) is 0 Å². The van der Waals surface area contributed by atoms with Crippen LogP contribution in [0.3, 0.4) is 0 Å². The molecule has 104 valence electrons. The second kappa shape index (κ2) is 6.91. The van der Waals surface area contributed by atoms with Crippen molar-refractivity contribution in [3.8, 4) is 0 Å². The molecule has 0 atom stereocenters. The number of hydrogen-bond acceptors (Lipinski definition) is 6. The van der Waals surface area contributed by atoms with Crippen molar-refractivity contribution < 1.29 is 4.74 Å². The van der Waals surface area contributed by atoms with Crippen molar-refractivity contribution >= 4 is 17.3 Å². The molecular weight excluding hydrogens is 244 g/mol. The molecule has 4 N–H and O–H groups in total. The van der Waals surface area contributed by atoms with Crippen molar-refractivity contribution in [1.29, 1.82) is 0 Å². The molecule has 0 radical (unpaired) electrons. The van der Waals surface area contributed by atoms with E-state index in [4.69, 9.17) is 10.6 Å². The van der Waals surface area contributed by atoms with Crippen LogP contribution < -0.4 is 16.6 Å². The van der Waals surface area contributed by atoms with E-state index < -0.39 is 0 Å². The van der Waals surface area contributed by atoms with Crippen molar-refractivity contribution in [2.75, 3.05) is 31.0 Å². The summed E-state index contributed by atoms with van der Waals surface area (Å²) in [4.78, 5) is 8.64. The van der Waals surface area contributed by atoms with Gasteiger partial charge in [0.2, 0.25) is 0 Å². The Hall–Kier alpha value is -1.86. The quantitative estimate of drug-likeness (QED) is 0.377. The number of anilines is 2. The highest BCUT2D eigenvalue weighted by atomic mass is 16.5. The highest BCUT2D eigenvalue weighted by Crippen LogP contribution is 2.15. The fraction of sp³-hybridized carbons (Fsp3) is 0.500. The molecule has 0 spiro atoms. The van der Waals surface area contributed by atoms with Crippen molar-refractivity contribution in [2.45, 2.75) is 19.3 Å². The zero-order chi connectivity index (χ0) is 13.5. The molecule has 19 heavy (non-hydrogen) atoms. The third-order valence-corrected chi connectivity index (χ3v) is 2.84. The molecule has 0 unspecified atom stereocenters. The van der Waals surface area contributed by atoms with Crippen LogP contribution in [0.25, 0.3) is 5.65 Å². The maximum Gasteiger partial charge on any atom is 0.180 e. The molecule has 0 saturated carbocycles. The number of unbranched alkanes of at least 4 members (excludes halogenated alkanes) is 2. The van der Waals surface area contributed by atoms with Gasteiger partial charge in [-0.2, -0.15) is 0 Å². The van der Waals surface area contributed by atoms with Crippen LogP contribution in [0, 0.1) is 0 Å². The zero-order valence-electron chi connectivity index (χ0n) is 11.1. The third-order valence-electron chi connectivity index (χ3n) is 2.84. The van der Waals surface area contributed by atoms with E-state index in [1.807, 2.05) is 10.6 Å². The van der Waals surface area contributed by atoms with E-state index in [2.05, 4.69) is 20.7 Å². The molecular formula is C12H20N6O. The molecule has 7 nitrogen and oxygen atoms in total. The van der Waals surface area contributed by atoms with Crippen molar-refractivity contribution in [1.82, 2.24) is 14.4 Å². The Bertz CT molecular complexity index is 512. The summed E-state index contributed by atoms with van der Waals surface area (Å²) in [7, 11) is 1.72. The lowest BCUT2D eigenvalue weighted by atomic mass is 10.2. The number of imidazole rings is 1. The molecule has 0 saturated heterocycles. The van der Waals surface area contributed by atoms with E-state index in [0.29, 0.717) is 5.82 Å². The van der Waals surface area contributed by atoms with Crippen LogP contribution in [0.2, 0.25) is 0 Å². The average molecular weight is 264 g/mol. The zero-order valence-corrected chi connectivity index (χ0v) is 11.1. The van der Waals surface area contributed by atoms with Crippen LogP contribution in [-0.2, 0) is 4.74 Å². The number of methoxy groups -OCH3 is 1. The van der Waals surface area contributed by atoms with Crippen LogP contribution in [-0.4, -0.2) is 34.6 Å². The summed E-state index contributed by atoms with van der Waals surface area (Å²) in [6, 6.07) is 0. The maximum atomic E-state index is 5.40. The predicted molar refractivity (Wildman–Crippen MR) is 75.0 cm³/mol. The molecule has 2 heterocycles. The van der Waals surface area contributed by atoms with E-state index in [1.165, 1.54) is 0 Å². The minimum atomic E-state index is 0.604. The van der Waals surface area contributed by atoms with Gasteiger partial charge >= 0.3 is 0 Å². The summed E-state index contributed by atoms with van der Waals surface area (Å²) in [6.45, 7) is 1.67. The van der Waals surface area contributed by atoms with Crippen molar-refractivity contribution in [2.24, 2.45) is 5.84 Å². The molecule has 0 amide bonds. The highest BCUT2D eigenvalue weighted by Gasteiger charge is 2.06. The smallest absolute Gasteiger partial charge is 0.180 e. The maximum absolute atomic E-state index is 5.40. The minimum absolute atomic E-state index is 0.604. The summed E-state index contributed by atoms with van der Waals surface area (Å²) < 4.78 is 6.90. The first-order chi connectivity index (χ1) is 9.35. The van der Waals surface area contributed by atoms with Gasteiger partial charge in [-0.05, 0) is 19.3 Å². The summed E-state index contributed by atoms with van der Waals surface area (Å²) in [6.07, 6.45) is 8.67. The van der Waals surface area contributed by atoms with Gasteiger partial charge in [-0.15, -0.1) is 0 Å². The van der Waals surface area contributed by atoms with E-state index in [-0.39, 0.29) is 0 Å². The van der Waals surface area contributed by atoms with Gasteiger partial charge in [0.25, 0.3) is 0 Å². The monoisotopic (exact) mass is 264 g/mol. The summed E-state index contributed by atoms with van der Waals surface area (Å²) in [5.74, 6) is 6.75. The number of nitrogens with two attached hydrogens (primary N) is 1. The molecule has 0 aliphatic rings. The van der Waals surface area contributed by atoms with Crippen LogP contribution in [0.15, 0.2) is 18.6 Å². The molecule has 0 fully saturated rings. The molecule has 0 bridgehead atoms. The molecule has 2 aromatic rings. The topological polar surface area (TPSA) is 89.5 Å². The number of nitrogen functional groups attached to an aromatic ring is 1. The summed E-state index contributed by atoms with van der Waals surface area (Å²) in [5.41, 5.74) is 3.35. The SMILES string of the molecule is COCCCCCNc1nc(NN)cn2ccnc12. The molecule has 0 aromatic carbocycles. The van der Waals surface area contributed by atoms with Crippen molar-refractivity contribution in [3.63, 3.8) is 0 Å². The molecule has 2 aromatic heterocycles. The van der Waals surface area contributed by atoms with Gasteiger partial charge < -0.3 is 19.9 Å². The minimum Gasteiger partial charge on any atom is -0.385 e. The second-order valence-electron chi connectivity index (χ2n) is 4.26. The third kappa shape index (κ3) is 3.55. The molecule has 0 aliphatic carbocycles. The Morgan fingerprint density at radius 1 is 1.37 bits per heavy atom. The van der Waals surface area contributed by atoms with Crippen LogP contribution in [0.4, 0.5) is 11.6 Å². The first-order valence-corrected chi connectivity index (χ1v) is 6.38. The van der Waals surface area contributed by atoms with Gasteiger partial charge in [0.1, 0.15) is 0 Å². The van der Waals surface area contributed by atoms with Crippen LogP contribution in [0.5, 0.6) is 0 Å². The average Bonchev–Trinajstić information content (AvgIpc) is 2.90. The summed E-state index contributed by atoms with van der Waals surface area (Å²) in [5, 5.41) is 3.29. The van der Waals surface area contributed by atoms with E-state index >= 15 is 0 Å². The number of hydrazine groups is 1. The van der Waals surface area contributed by atoms with Crippen LogP contribution in [0.1, 0.15) is 19.3 Å². The lowest BCUT2D eigenvalue weighted by molar-refractivity contribution is 0.192. The normalized spacial score (nSPS) is 10.8. The first kappa shape index (κ1) is 13.6. The number of rotatable bonds is 8. The largest absolute Gasteiger partial charge is 0.385 e. The fourth-order valence-electron chi connectivity index (χ4n) is 1.87. The van der Waals surface area contributed by atoms with Gasteiger partial charge in [0.05, 0.1) is 6.20 Å². The van der Waals surface area contributed by atoms with Gasteiger partial charge in [-0.25, -0.2) is 15.8 Å². The molecule has 2 rings (SSSR count). The second-order valence-corrected chi connectivity index (χ2v) is 4.26. The standard InChI is InChI=1S/C12H20N6O/c1-19-8-4-2-3-5-14-11-12-15-6-7-18(12)9-10(16-11)17-13/h6-7,9,17H,2-5,8,13H2,1H3,(H,14,16). The van der Waals surface area contributed by atoms with Gasteiger partial charge in [-0.1, -0.05) is 0 Å². The molecule has 7 heteroatoms. The Kier molecular flexibility index (Phi) is 4.93. The fourth-order valence-corrected chi connectivity index (χ4v) is 1.87. The van der Waals surface area contributed by atoms with Gasteiger partial charge in [0.15, 0.2) is 17.3 Å². The van der Waals surface area contributed by atoms with Crippen LogP contribution >= 0.6 is 0 Å². The van der Waals surface area contributed by atoms with Crippen molar-refractivity contribution in [3.05, 3.63) is 18.6 Å². The lowest BCUT2D eigenvalue weighted by Gasteiger charge is -2.09. The van der Waals surface area contributed by atoms with E-state index in [1.54, 1.807) is 19.5 Å². The van der Waals surface area contributed by atoms with E-state index in [0.717, 1.165) is 43.9 Å². The Labute approximate surface area is 112 Å². The predicted octanol–water partition coefficient (Wildman–Crippen LogP) is 1.24. The number of ether oxygens (including phenoxy) is 1. The Morgan fingerprint density at radius 2 is 2.26 bits per heavy atom. The van der Waals surface area contributed by atoms with Gasteiger partial charge in [0, 0.05) is 32.7 Å². The van der Waals surface area contributed by atoms with E-state index in [9.17, 15) is 0 Å². The summed E-state index contributed by atoms with van der Waals surface area (Å²) >= 11 is 0. The Morgan fingerprint density at radius 3 is 3.05 bits per heavy atom.